The molecule has 0 spiro atoms. The van der Waals surface area contributed by atoms with Crippen LogP contribution in [0.5, 0.6) is 0 Å². The van der Waals surface area contributed by atoms with Crippen molar-refractivity contribution in [2.75, 3.05) is 0 Å². The Labute approximate surface area is 349 Å². The summed E-state index contributed by atoms with van der Waals surface area (Å²) in [6, 6.07) is 0. The van der Waals surface area contributed by atoms with E-state index in [9.17, 15) is 0 Å². The Morgan fingerprint density at radius 1 is 0.170 bits per heavy atom. The van der Waals surface area contributed by atoms with Gasteiger partial charge >= 0.3 is 337 Å². The third kappa shape index (κ3) is 102000. The van der Waals surface area contributed by atoms with E-state index in [0.29, 0.717) is 0 Å². The maximum absolute atomic E-state index is 8.88. The van der Waals surface area contributed by atoms with E-state index >= 15 is 0 Å². The average Bonchev–Trinajstić information content (AvgIpc) is 2.66. The summed E-state index contributed by atoms with van der Waals surface area (Å²) in [6.45, 7) is 0. The van der Waals surface area contributed by atoms with Crippen LogP contribution in [0.3, 0.4) is 0 Å². The minimum atomic E-state index is -4.64. The van der Waals surface area contributed by atoms with Crippen molar-refractivity contribution in [3.05, 3.63) is 0 Å². The molecule has 0 bridgehead atoms. The average molecular weight is 2880 g/mol. The van der Waals surface area contributed by atoms with Gasteiger partial charge in [0.2, 0.25) is 0 Å². The Morgan fingerprint density at radius 2 is 0.170 bits per heavy atom. The molecule has 0 unspecified atom stereocenters. The van der Waals surface area contributed by atoms with Crippen LogP contribution in [0, 0.1) is 0 Å². The van der Waals surface area contributed by atoms with E-state index in [0.717, 1.165) is 0 Å². The second-order valence-electron chi connectivity index (χ2n) is 2.96. The van der Waals surface area contributed by atoms with Gasteiger partial charge in [-0.3, -0.25) is 0 Å². The van der Waals surface area contributed by atoms with Crippen molar-refractivity contribution in [2.45, 2.75) is 0 Å². The van der Waals surface area contributed by atoms with Gasteiger partial charge in [0, 0.05) is 0 Å². The van der Waals surface area contributed by atoms with Crippen LogP contribution in [-0.2, 0) is 333 Å². The van der Waals surface area contributed by atoms with Gasteiger partial charge in [-0.15, -0.1) is 0 Å². The summed E-state index contributed by atoms with van der Waals surface area (Å²) in [5.74, 6) is 0. The normalized spacial score (nSPS) is 6.55. The molecule has 0 radical (unpaired) electrons. The first-order valence-corrected chi connectivity index (χ1v) is 51.5. The number of hydrogen-bond donors (Lipinski definition) is 3. The Morgan fingerprint density at radius 3 is 0.170 bits per heavy atom. The van der Waals surface area contributed by atoms with Gasteiger partial charge in [0.05, 0.1) is 0 Å². The Bertz CT molecular complexity index is 1690. The van der Waals surface area contributed by atoms with E-state index in [2.05, 4.69) is 0 Å². The van der Waals surface area contributed by atoms with E-state index in [1.54, 1.807) is 0 Å². The summed E-state index contributed by atoms with van der Waals surface area (Å²) in [5.41, 5.74) is 0. The summed E-state index contributed by atoms with van der Waals surface area (Å²) in [6.07, 6.45) is 0. The van der Waals surface area contributed by atoms with Crippen LogP contribution in [0.4, 0.5) is 0 Å². The summed E-state index contributed by atoms with van der Waals surface area (Å²) < 4.78 is 319. The van der Waals surface area contributed by atoms with Crippen molar-refractivity contribution in [3.8, 4) is 0 Å². The van der Waals surface area contributed by atoms with Crippen molar-refractivity contribution in [1.82, 2.24) is 0 Å². The quantitative estimate of drug-likeness (QED) is 0.191. The molecule has 0 aliphatic carbocycles. The van der Waals surface area contributed by atoms with Crippen LogP contribution in [0.15, 0.2) is 0 Å². The summed E-state index contributed by atoms with van der Waals surface area (Å²) in [7, 11) is -4.64. The third-order valence-electron chi connectivity index (χ3n) is 0. The zero-order chi connectivity index (χ0) is 47.4. The molecule has 320 valence electrons. The van der Waals surface area contributed by atoms with Crippen LogP contribution in [0.1, 0.15) is 0 Å². The van der Waals surface area contributed by atoms with Gasteiger partial charge in [-0.05, 0) is 0 Å². The Hall–Kier alpha value is 1.17. The fourth-order valence-corrected chi connectivity index (χ4v) is 0. The maximum atomic E-state index is 8.88. The Balaban J connectivity index is -0.0000000297. The van der Waals surface area contributed by atoms with E-state index < -0.39 is 214 Å². The van der Waals surface area contributed by atoms with E-state index in [1.165, 1.54) is 0 Å². The molecular weight excluding hydrogens is 2880 g/mol. The molecule has 0 aliphatic rings. The molecule has 0 aliphatic heterocycles. The van der Waals surface area contributed by atoms with Crippen molar-refractivity contribution in [1.29, 1.82) is 0 Å². The number of hydrogen-bond acceptors (Lipinski definition) is 37. The van der Waals surface area contributed by atoms with E-state index in [1.807, 2.05) is 0 Å². The molecule has 0 rings (SSSR count). The van der Waals surface area contributed by atoms with E-state index in [-0.39, 0.29) is 0 Å². The topological polar surface area (TPSA) is 692 Å². The van der Waals surface area contributed by atoms with Gasteiger partial charge < -0.3 is 14.7 Å². The van der Waals surface area contributed by atoms with Gasteiger partial charge in [0.15, 0.2) is 0 Å². The molecule has 53 heteroatoms. The van der Waals surface area contributed by atoms with Gasteiger partial charge in [0.1, 0.15) is 0 Å². The molecule has 53 heavy (non-hydrogen) atoms. The molecule has 0 aromatic rings. The van der Waals surface area contributed by atoms with Crippen LogP contribution in [0.2, 0.25) is 0 Å². The molecule has 0 aromatic carbocycles. The summed E-state index contributed by atoms with van der Waals surface area (Å²) in [5, 5.41) is 0. The van der Waals surface area contributed by atoms with Crippen molar-refractivity contribution >= 4 is 7.82 Å². The number of phosphoric acid groups is 1. The van der Waals surface area contributed by atoms with Crippen LogP contribution >= 0.6 is 7.82 Å². The predicted octanol–water partition coefficient (Wildman–Crippen LogP) is -5.24. The molecule has 0 amide bonds. The van der Waals surface area contributed by atoms with E-state index in [4.69, 9.17) is 142 Å². The van der Waals surface area contributed by atoms with Gasteiger partial charge in [-0.1, -0.05) is 0 Å². The Kier molecular flexibility index (Phi) is 132. The number of rotatable bonds is 0. The molecule has 40 nitrogen and oxygen atoms in total. The van der Waals surface area contributed by atoms with Crippen molar-refractivity contribution in [3.63, 3.8) is 0 Å². The molecule has 0 fully saturated rings. The summed E-state index contributed by atoms with van der Waals surface area (Å²) in [4.78, 5) is 21.6. The van der Waals surface area contributed by atoms with Crippen LogP contribution in [-0.4, -0.2) is 14.7 Å². The molecule has 0 aromatic heterocycles. The summed E-state index contributed by atoms with van der Waals surface area (Å²) >= 11 is -51.3. The SMILES string of the molecule is O=P(O)(O)O.[O]=[W](=[O])=[O].[O]=[W](=[O])=[O].[O]=[W](=[O])=[O].[O]=[W](=[O])=[O].[O]=[W](=[O])=[O].[O]=[W](=[O])=[O].[O]=[W](=[O])=[O].[O]=[W](=[O])=[O].[O]=[W](=[O])=[O].[O]=[W](=[O])=[O].[O]=[W](=[O])=[O].[O]=[W](=[O])=[O]. The predicted molar refractivity (Wildman–Crippen MR) is 39.0 cm³/mol. The van der Waals surface area contributed by atoms with Crippen molar-refractivity contribution in [2.24, 2.45) is 0 Å². The molecule has 3 N–H and O–H groups in total. The minimum absolute atomic E-state index is 4.28. The fourth-order valence-electron chi connectivity index (χ4n) is 0. The molecule has 0 atom stereocenters. The van der Waals surface area contributed by atoms with Gasteiger partial charge in [-0.2, -0.15) is 0 Å². The molecular formula is H3O40PW12. The zero-order valence-electron chi connectivity index (χ0n) is 21.8. The fraction of sp³-hybridized carbons (Fsp3) is 0. The van der Waals surface area contributed by atoms with Crippen molar-refractivity contribution < 1.29 is 348 Å². The first-order chi connectivity index (χ1) is 22.8. The first kappa shape index (κ1) is 90.4. The molecule has 0 heterocycles. The third-order valence-corrected chi connectivity index (χ3v) is 0. The van der Waals surface area contributed by atoms with Gasteiger partial charge in [0.25, 0.3) is 0 Å². The zero-order valence-corrected chi connectivity index (χ0v) is 57.9. The second-order valence-corrected chi connectivity index (χ2v) is 21.6. The van der Waals surface area contributed by atoms with Crippen LogP contribution in [0.25, 0.3) is 0 Å². The monoisotopic (exact) mass is 2880 g/mol. The first-order valence-electron chi connectivity index (χ1n) is 6.78. The van der Waals surface area contributed by atoms with Gasteiger partial charge in [-0.25, -0.2) is 4.57 Å². The van der Waals surface area contributed by atoms with Crippen LogP contribution < -0.4 is 0 Å². The second kappa shape index (κ2) is 77.7. The standard InChI is InChI=1S/H3O4P.36O.12W/c1-5(2,3)4;;;;;;;;;;;;;;;;;;;;;;;;;;;;;;;;;;;;;;;;;;;;;;;;/h(H3,1,2,3,4);;;;;;;;;;;;;;;;;;;;;;;;;;;;;;;;;;;;;;;;;;;;;;;;. The molecule has 0 saturated heterocycles. The molecule has 0 saturated carbocycles.